The molecule has 0 aromatic rings. The van der Waals surface area contributed by atoms with Crippen molar-refractivity contribution >= 4 is 5.91 Å². The van der Waals surface area contributed by atoms with Crippen LogP contribution in [0.4, 0.5) is 0 Å². The zero-order chi connectivity index (χ0) is 23.2. The Morgan fingerprint density at radius 1 is 0.935 bits per heavy atom. The third-order valence-electron chi connectivity index (χ3n) is 4.05. The number of nitrogens with one attached hydrogen (secondary N) is 2. The minimum absolute atomic E-state index is 0.0183. The maximum atomic E-state index is 11.6. The van der Waals surface area contributed by atoms with Gasteiger partial charge >= 0.3 is 0 Å². The van der Waals surface area contributed by atoms with Gasteiger partial charge < -0.3 is 40.1 Å². The lowest BCUT2D eigenvalue weighted by atomic mass is 10.2. The molecule has 1 unspecified atom stereocenters. The average molecular weight is 448 g/mol. The quantitative estimate of drug-likeness (QED) is 0.128. The van der Waals surface area contributed by atoms with Crippen LogP contribution in [0.25, 0.3) is 0 Å². The van der Waals surface area contributed by atoms with Gasteiger partial charge in [0.1, 0.15) is 5.72 Å². The van der Waals surface area contributed by atoms with Crippen molar-refractivity contribution in [2.45, 2.75) is 39.3 Å². The minimum atomic E-state index is -0.759. The van der Waals surface area contributed by atoms with Crippen molar-refractivity contribution in [1.29, 1.82) is 0 Å². The van der Waals surface area contributed by atoms with Gasteiger partial charge in [-0.3, -0.25) is 4.79 Å². The Bertz CT molecular complexity index is 447. The number of carbonyl (C=O) groups excluding carboxylic acids is 1. The first-order valence-corrected chi connectivity index (χ1v) is 11.2. The second-order valence-corrected chi connectivity index (χ2v) is 7.69. The van der Waals surface area contributed by atoms with Crippen LogP contribution in [0.2, 0.25) is 0 Å². The lowest BCUT2D eigenvalue weighted by Gasteiger charge is -2.25. The van der Waals surface area contributed by atoms with Crippen LogP contribution in [0.15, 0.2) is 12.2 Å². The van der Waals surface area contributed by atoms with E-state index in [4.69, 9.17) is 29.4 Å². The Labute approximate surface area is 188 Å². The summed E-state index contributed by atoms with van der Waals surface area (Å²) in [5, 5.41) is 5.83. The zero-order valence-electron chi connectivity index (χ0n) is 20.0. The van der Waals surface area contributed by atoms with Gasteiger partial charge in [0, 0.05) is 25.9 Å². The molecule has 0 aliphatic rings. The smallest absolute Gasteiger partial charge is 0.222 e. The molecule has 0 aromatic carbocycles. The van der Waals surface area contributed by atoms with Crippen LogP contribution in [0, 0.1) is 5.92 Å². The fourth-order valence-electron chi connectivity index (χ4n) is 2.27. The first-order valence-electron chi connectivity index (χ1n) is 11.2. The summed E-state index contributed by atoms with van der Waals surface area (Å²) in [5.74, 6) is 0.470. The molecule has 0 aliphatic carbocycles. The molecule has 1 amide bonds. The molecule has 0 saturated heterocycles. The maximum Gasteiger partial charge on any atom is 0.222 e. The van der Waals surface area contributed by atoms with Crippen LogP contribution < -0.4 is 16.4 Å². The Hall–Kier alpha value is -1.07. The van der Waals surface area contributed by atoms with Crippen LogP contribution in [-0.4, -0.2) is 91.2 Å². The lowest BCUT2D eigenvalue weighted by molar-refractivity contribution is -0.122. The van der Waals surface area contributed by atoms with Gasteiger partial charge in [-0.2, -0.15) is 0 Å². The molecule has 0 heterocycles. The van der Waals surface area contributed by atoms with Gasteiger partial charge in [0.25, 0.3) is 0 Å². The number of hydrogen-bond acceptors (Lipinski definition) is 8. The highest BCUT2D eigenvalue weighted by Gasteiger charge is 2.18. The molecule has 31 heavy (non-hydrogen) atoms. The predicted molar refractivity (Wildman–Crippen MR) is 122 cm³/mol. The number of likely N-dealkylation sites (N-methyl/N-ethyl adjacent to an activating group) is 1. The normalized spacial score (nSPS) is 13.7. The summed E-state index contributed by atoms with van der Waals surface area (Å²) in [6.07, 6.45) is 4.95. The van der Waals surface area contributed by atoms with E-state index in [-0.39, 0.29) is 5.91 Å². The predicted octanol–water partition coefficient (Wildman–Crippen LogP) is 1.07. The lowest BCUT2D eigenvalue weighted by Crippen LogP contribution is -2.41. The van der Waals surface area contributed by atoms with E-state index in [1.165, 1.54) is 0 Å². The van der Waals surface area contributed by atoms with E-state index in [0.717, 1.165) is 6.54 Å². The number of hydrogen-bond donors (Lipinski definition) is 3. The highest BCUT2D eigenvalue weighted by atomic mass is 16.6. The number of allylic oxidation sites excluding steroid dienone is 1. The molecule has 4 N–H and O–H groups in total. The van der Waals surface area contributed by atoms with Crippen molar-refractivity contribution in [2.75, 3.05) is 79.6 Å². The highest BCUT2D eigenvalue weighted by molar-refractivity contribution is 5.76. The molecule has 184 valence electrons. The van der Waals surface area contributed by atoms with Crippen LogP contribution in [0.1, 0.15) is 33.6 Å². The molecule has 0 aromatic heterocycles. The summed E-state index contributed by atoms with van der Waals surface area (Å²) in [7, 11) is 1.89. The zero-order valence-corrected chi connectivity index (χ0v) is 20.0. The maximum absolute atomic E-state index is 11.6. The summed E-state index contributed by atoms with van der Waals surface area (Å²) in [6.45, 7) is 11.8. The van der Waals surface area contributed by atoms with Crippen LogP contribution in [0.3, 0.4) is 0 Å². The van der Waals surface area contributed by atoms with E-state index in [1.54, 1.807) is 0 Å². The van der Waals surface area contributed by atoms with Crippen molar-refractivity contribution in [1.82, 2.24) is 10.6 Å². The van der Waals surface area contributed by atoms with Crippen LogP contribution >= 0.6 is 0 Å². The van der Waals surface area contributed by atoms with E-state index >= 15 is 0 Å². The van der Waals surface area contributed by atoms with Gasteiger partial charge in [0.15, 0.2) is 0 Å². The summed E-state index contributed by atoms with van der Waals surface area (Å²) >= 11 is 0. The number of nitrogens with two attached hydrogens (primary N) is 1. The molecular formula is C22H45N3O6. The van der Waals surface area contributed by atoms with E-state index in [9.17, 15) is 4.79 Å². The van der Waals surface area contributed by atoms with Crippen molar-refractivity contribution in [3.05, 3.63) is 12.2 Å². The molecule has 0 saturated carbocycles. The van der Waals surface area contributed by atoms with Gasteiger partial charge in [-0.1, -0.05) is 26.0 Å². The molecule has 9 nitrogen and oxygen atoms in total. The van der Waals surface area contributed by atoms with Gasteiger partial charge in [0.2, 0.25) is 5.91 Å². The third-order valence-corrected chi connectivity index (χ3v) is 4.05. The highest BCUT2D eigenvalue weighted by Crippen LogP contribution is 2.07. The van der Waals surface area contributed by atoms with Crippen molar-refractivity contribution in [3.63, 3.8) is 0 Å². The molecule has 0 radical (unpaired) electrons. The number of ether oxygens (including phenoxy) is 5. The largest absolute Gasteiger partial charge is 0.379 e. The third kappa shape index (κ3) is 23.4. The summed E-state index contributed by atoms with van der Waals surface area (Å²) in [6, 6.07) is 0. The Morgan fingerprint density at radius 2 is 1.52 bits per heavy atom. The SMILES string of the molecule is CNCCOCCOCCC(C)(N)OCCOCCOCCC(=O)NC/C=C/C(C)C. The molecule has 0 aliphatic heterocycles. The minimum Gasteiger partial charge on any atom is -0.379 e. The number of carbonyl (C=O) groups is 1. The fourth-order valence-corrected chi connectivity index (χ4v) is 2.27. The van der Waals surface area contributed by atoms with Gasteiger partial charge in [-0.25, -0.2) is 0 Å². The Morgan fingerprint density at radius 3 is 2.16 bits per heavy atom. The summed E-state index contributed by atoms with van der Waals surface area (Å²) in [5.41, 5.74) is 5.34. The summed E-state index contributed by atoms with van der Waals surface area (Å²) < 4.78 is 27.4. The van der Waals surface area contributed by atoms with Crippen molar-refractivity contribution in [2.24, 2.45) is 11.7 Å². The van der Waals surface area contributed by atoms with Crippen molar-refractivity contribution < 1.29 is 28.5 Å². The molecule has 9 heteroatoms. The van der Waals surface area contributed by atoms with E-state index in [1.807, 2.05) is 20.0 Å². The van der Waals surface area contributed by atoms with Crippen molar-refractivity contribution in [3.8, 4) is 0 Å². The molecule has 0 fully saturated rings. The first kappa shape index (κ1) is 29.9. The second-order valence-electron chi connectivity index (χ2n) is 7.69. The molecule has 1 atom stereocenters. The number of amides is 1. The first-order chi connectivity index (χ1) is 14.9. The average Bonchev–Trinajstić information content (AvgIpc) is 2.71. The monoisotopic (exact) mass is 447 g/mol. The summed E-state index contributed by atoms with van der Waals surface area (Å²) in [4.78, 5) is 11.6. The van der Waals surface area contributed by atoms with Gasteiger partial charge in [-0.05, 0) is 19.9 Å². The molecule has 0 bridgehead atoms. The topological polar surface area (TPSA) is 113 Å². The fraction of sp³-hybridized carbons (Fsp3) is 0.864. The van der Waals surface area contributed by atoms with Crippen LogP contribution in [-0.2, 0) is 28.5 Å². The Balaban J connectivity index is 3.43. The molecule has 0 rings (SSSR count). The van der Waals surface area contributed by atoms with Gasteiger partial charge in [0.05, 0.1) is 59.5 Å². The van der Waals surface area contributed by atoms with E-state index in [0.29, 0.717) is 84.8 Å². The van der Waals surface area contributed by atoms with E-state index in [2.05, 4.69) is 30.6 Å². The molecule has 0 spiro atoms. The van der Waals surface area contributed by atoms with Crippen LogP contribution in [0.5, 0.6) is 0 Å². The number of rotatable bonds is 22. The second kappa shape index (κ2) is 20.8. The Kier molecular flexibility index (Phi) is 20.1. The van der Waals surface area contributed by atoms with Gasteiger partial charge in [-0.15, -0.1) is 0 Å². The van der Waals surface area contributed by atoms with E-state index < -0.39 is 5.72 Å². The molecular weight excluding hydrogens is 402 g/mol. The standard InChI is InChI=1S/C22H45N3O6/c1-20(2)6-5-9-25-21(26)7-11-27-14-17-30-18-19-31-22(3,23)8-12-28-15-16-29-13-10-24-4/h5-6,20,24H,7-19,23H2,1-4H3,(H,25,26)/b6-5+.